The van der Waals surface area contributed by atoms with Gasteiger partial charge in [-0.15, -0.1) is 0 Å². The van der Waals surface area contributed by atoms with Crippen LogP contribution >= 0.6 is 0 Å². The van der Waals surface area contributed by atoms with Crippen LogP contribution in [0.4, 0.5) is 0 Å². The molecule has 0 radical (unpaired) electrons. The van der Waals surface area contributed by atoms with Gasteiger partial charge < -0.3 is 0 Å². The van der Waals surface area contributed by atoms with Gasteiger partial charge in [-0.3, -0.25) is 14.8 Å². The standard InChI is InChI=1S/C16H23N5/c1-20-11-3-2-7-13(20)16-19-12-6-4-10-18-15(12)21(16)14-8-5-9-17-14/h4,6,10,13-14,17H,2-3,5,7-9,11H2,1H3. The lowest BCUT2D eigenvalue weighted by molar-refractivity contribution is 0.173. The zero-order chi connectivity index (χ0) is 14.2. The van der Waals surface area contributed by atoms with Crippen LogP contribution in [-0.2, 0) is 0 Å². The third-order valence-corrected chi connectivity index (χ3v) is 4.89. The largest absolute Gasteiger partial charge is 0.297 e. The second-order valence-electron chi connectivity index (χ2n) is 6.29. The smallest absolute Gasteiger partial charge is 0.161 e. The van der Waals surface area contributed by atoms with Crippen LogP contribution in [0.25, 0.3) is 11.2 Å². The Labute approximate surface area is 125 Å². The fraction of sp³-hybridized carbons (Fsp3) is 0.625. The molecule has 4 rings (SSSR count). The molecule has 2 aliphatic heterocycles. The number of aromatic nitrogens is 3. The van der Waals surface area contributed by atoms with E-state index in [4.69, 9.17) is 4.98 Å². The second-order valence-corrected chi connectivity index (χ2v) is 6.29. The fourth-order valence-electron chi connectivity index (χ4n) is 3.78. The van der Waals surface area contributed by atoms with Gasteiger partial charge in [0.2, 0.25) is 0 Å². The number of fused-ring (bicyclic) bond motifs is 1. The highest BCUT2D eigenvalue weighted by Crippen LogP contribution is 2.33. The molecule has 0 aliphatic carbocycles. The van der Waals surface area contributed by atoms with E-state index in [0.29, 0.717) is 12.2 Å². The van der Waals surface area contributed by atoms with Gasteiger partial charge in [0.25, 0.3) is 0 Å². The molecule has 2 aliphatic rings. The van der Waals surface area contributed by atoms with E-state index in [-0.39, 0.29) is 0 Å². The molecule has 5 nitrogen and oxygen atoms in total. The second kappa shape index (κ2) is 5.39. The molecule has 2 unspecified atom stereocenters. The van der Waals surface area contributed by atoms with Crippen molar-refractivity contribution in [3.05, 3.63) is 24.2 Å². The molecular formula is C16H23N5. The van der Waals surface area contributed by atoms with Crippen LogP contribution in [-0.4, -0.2) is 39.6 Å². The van der Waals surface area contributed by atoms with Gasteiger partial charge in [0.05, 0.1) is 12.2 Å². The van der Waals surface area contributed by atoms with Crippen LogP contribution in [0.15, 0.2) is 18.3 Å². The number of nitrogens with zero attached hydrogens (tertiary/aromatic N) is 4. The summed E-state index contributed by atoms with van der Waals surface area (Å²) in [5.74, 6) is 1.20. The number of likely N-dealkylation sites (tertiary alicyclic amines) is 1. The summed E-state index contributed by atoms with van der Waals surface area (Å²) in [5, 5.41) is 3.61. The third kappa shape index (κ3) is 2.24. The molecule has 5 heteroatoms. The predicted octanol–water partition coefficient (Wildman–Crippen LogP) is 2.47. The molecule has 0 spiro atoms. The van der Waals surface area contributed by atoms with Gasteiger partial charge in [-0.2, -0.15) is 0 Å². The molecule has 0 amide bonds. The molecular weight excluding hydrogens is 262 g/mol. The number of rotatable bonds is 2. The maximum Gasteiger partial charge on any atom is 0.161 e. The molecule has 2 fully saturated rings. The van der Waals surface area contributed by atoms with Crippen LogP contribution < -0.4 is 5.32 Å². The van der Waals surface area contributed by atoms with Crippen LogP contribution in [0.2, 0.25) is 0 Å². The minimum absolute atomic E-state index is 0.357. The molecule has 2 atom stereocenters. The SMILES string of the molecule is CN1CCCCC1c1nc2cccnc2n1C1CCCN1. The van der Waals surface area contributed by atoms with E-state index in [1.165, 1.54) is 44.5 Å². The number of hydrogen-bond donors (Lipinski definition) is 1. The highest BCUT2D eigenvalue weighted by Gasteiger charge is 2.30. The lowest BCUT2D eigenvalue weighted by Gasteiger charge is -2.33. The van der Waals surface area contributed by atoms with E-state index in [1.54, 1.807) is 0 Å². The number of imidazole rings is 1. The van der Waals surface area contributed by atoms with Crippen molar-refractivity contribution in [2.75, 3.05) is 20.1 Å². The average Bonchev–Trinajstić information content (AvgIpc) is 3.14. The lowest BCUT2D eigenvalue weighted by atomic mass is 10.0. The van der Waals surface area contributed by atoms with Gasteiger partial charge in [-0.25, -0.2) is 9.97 Å². The molecule has 21 heavy (non-hydrogen) atoms. The monoisotopic (exact) mass is 285 g/mol. The first-order valence-corrected chi connectivity index (χ1v) is 8.11. The summed E-state index contributed by atoms with van der Waals surface area (Å²) in [7, 11) is 2.23. The van der Waals surface area contributed by atoms with E-state index < -0.39 is 0 Å². The average molecular weight is 285 g/mol. The Morgan fingerprint density at radius 1 is 1.24 bits per heavy atom. The maximum atomic E-state index is 4.95. The Morgan fingerprint density at radius 3 is 3.00 bits per heavy atom. The number of hydrogen-bond acceptors (Lipinski definition) is 4. The van der Waals surface area contributed by atoms with Gasteiger partial charge >= 0.3 is 0 Å². The van der Waals surface area contributed by atoms with Gasteiger partial charge in [0.15, 0.2) is 5.65 Å². The topological polar surface area (TPSA) is 46.0 Å². The van der Waals surface area contributed by atoms with E-state index in [9.17, 15) is 0 Å². The van der Waals surface area contributed by atoms with E-state index >= 15 is 0 Å². The first-order chi connectivity index (χ1) is 10.3. The van der Waals surface area contributed by atoms with Crippen molar-refractivity contribution in [2.45, 2.75) is 44.3 Å². The summed E-state index contributed by atoms with van der Waals surface area (Å²) in [6.45, 7) is 2.26. The van der Waals surface area contributed by atoms with Crippen LogP contribution in [0, 0.1) is 0 Å². The summed E-state index contributed by atoms with van der Waals surface area (Å²) in [6.07, 6.45) is 8.44. The maximum absolute atomic E-state index is 4.95. The van der Waals surface area contributed by atoms with Crippen LogP contribution in [0.1, 0.15) is 50.1 Å². The molecule has 112 valence electrons. The Balaban J connectivity index is 1.84. The normalized spacial score (nSPS) is 27.5. The Bertz CT molecular complexity index is 629. The Kier molecular flexibility index (Phi) is 3.39. The minimum Gasteiger partial charge on any atom is -0.297 e. The van der Waals surface area contributed by atoms with Crippen molar-refractivity contribution >= 4 is 11.2 Å². The molecule has 0 saturated carbocycles. The van der Waals surface area contributed by atoms with E-state index in [1.807, 2.05) is 12.3 Å². The van der Waals surface area contributed by atoms with Crippen molar-refractivity contribution in [3.63, 3.8) is 0 Å². The van der Waals surface area contributed by atoms with Crippen molar-refractivity contribution < 1.29 is 0 Å². The lowest BCUT2D eigenvalue weighted by Crippen LogP contribution is -2.33. The predicted molar refractivity (Wildman–Crippen MR) is 83.0 cm³/mol. The fourth-order valence-corrected chi connectivity index (χ4v) is 3.78. The minimum atomic E-state index is 0.357. The van der Waals surface area contributed by atoms with E-state index in [0.717, 1.165) is 17.7 Å². The molecule has 2 aromatic rings. The summed E-state index contributed by atoms with van der Waals surface area (Å²) < 4.78 is 2.37. The quantitative estimate of drug-likeness (QED) is 0.921. The Morgan fingerprint density at radius 2 is 2.19 bits per heavy atom. The van der Waals surface area contributed by atoms with Gasteiger partial charge in [-0.05, 0) is 58.0 Å². The van der Waals surface area contributed by atoms with Gasteiger partial charge in [-0.1, -0.05) is 6.42 Å². The highest BCUT2D eigenvalue weighted by atomic mass is 15.3. The summed E-state index contributed by atoms with van der Waals surface area (Å²) >= 11 is 0. The van der Waals surface area contributed by atoms with Gasteiger partial charge in [0, 0.05) is 6.20 Å². The first kappa shape index (κ1) is 13.2. The summed E-state index contributed by atoms with van der Waals surface area (Å²) in [4.78, 5) is 12.0. The molecule has 2 saturated heterocycles. The van der Waals surface area contributed by atoms with Crippen molar-refractivity contribution in [3.8, 4) is 0 Å². The first-order valence-electron chi connectivity index (χ1n) is 8.11. The van der Waals surface area contributed by atoms with Crippen molar-refractivity contribution in [1.29, 1.82) is 0 Å². The molecule has 2 aromatic heterocycles. The number of pyridine rings is 1. The third-order valence-electron chi connectivity index (χ3n) is 4.89. The van der Waals surface area contributed by atoms with E-state index in [2.05, 4.69) is 32.9 Å². The summed E-state index contributed by atoms with van der Waals surface area (Å²) in [5.41, 5.74) is 2.06. The Hall–Kier alpha value is -1.46. The van der Waals surface area contributed by atoms with Gasteiger partial charge in [0.1, 0.15) is 11.3 Å². The summed E-state index contributed by atoms with van der Waals surface area (Å²) in [6, 6.07) is 4.49. The van der Waals surface area contributed by atoms with Crippen LogP contribution in [0.5, 0.6) is 0 Å². The zero-order valence-electron chi connectivity index (χ0n) is 12.6. The molecule has 0 bridgehead atoms. The number of nitrogens with one attached hydrogen (secondary N) is 1. The van der Waals surface area contributed by atoms with Crippen LogP contribution in [0.3, 0.4) is 0 Å². The zero-order valence-corrected chi connectivity index (χ0v) is 12.6. The molecule has 1 N–H and O–H groups in total. The number of piperidine rings is 1. The molecule has 0 aromatic carbocycles. The van der Waals surface area contributed by atoms with Crippen molar-refractivity contribution in [1.82, 2.24) is 24.8 Å². The van der Waals surface area contributed by atoms with Crippen molar-refractivity contribution in [2.24, 2.45) is 0 Å². The highest BCUT2D eigenvalue weighted by molar-refractivity contribution is 5.71. The molecule has 4 heterocycles.